The summed E-state index contributed by atoms with van der Waals surface area (Å²) in [6, 6.07) is 7.02. The maximum absolute atomic E-state index is 9.16. The first-order valence-electron chi connectivity index (χ1n) is 5.62. The molecule has 5 nitrogen and oxygen atoms in total. The van der Waals surface area contributed by atoms with Crippen LogP contribution < -0.4 is 0 Å². The second kappa shape index (κ2) is 4.78. The van der Waals surface area contributed by atoms with Gasteiger partial charge < -0.3 is 14.2 Å². The van der Waals surface area contributed by atoms with Gasteiger partial charge in [-0.2, -0.15) is 0 Å². The standard InChI is InChI=1S/C13H10ClN3O2/c14-11-5-9(12-6-13(18)16-19-12)1-2-10(11)7-17-4-3-15-8-17/h1-6,8H,7H2,(H,16,18). The van der Waals surface area contributed by atoms with Crippen molar-refractivity contribution in [2.24, 2.45) is 0 Å². The topological polar surface area (TPSA) is 64.1 Å². The lowest BCUT2D eigenvalue weighted by atomic mass is 10.1. The predicted molar refractivity (Wildman–Crippen MR) is 69.9 cm³/mol. The summed E-state index contributed by atoms with van der Waals surface area (Å²) in [5.41, 5.74) is 1.75. The van der Waals surface area contributed by atoms with Gasteiger partial charge in [0.15, 0.2) is 5.76 Å². The lowest BCUT2D eigenvalue weighted by Gasteiger charge is -2.06. The van der Waals surface area contributed by atoms with E-state index in [9.17, 15) is 0 Å². The van der Waals surface area contributed by atoms with Crippen molar-refractivity contribution in [2.45, 2.75) is 6.54 Å². The van der Waals surface area contributed by atoms with E-state index in [1.165, 1.54) is 6.07 Å². The molecule has 0 aliphatic rings. The van der Waals surface area contributed by atoms with E-state index in [0.717, 1.165) is 11.1 Å². The Kier molecular flexibility index (Phi) is 2.97. The van der Waals surface area contributed by atoms with Gasteiger partial charge in [-0.25, -0.2) is 4.98 Å². The first kappa shape index (κ1) is 11.8. The Morgan fingerprint density at radius 2 is 2.21 bits per heavy atom. The zero-order valence-corrected chi connectivity index (χ0v) is 10.6. The predicted octanol–water partition coefficient (Wildman–Crippen LogP) is 2.95. The summed E-state index contributed by atoms with van der Waals surface area (Å²) in [6.45, 7) is 0.654. The molecular weight excluding hydrogens is 266 g/mol. The maximum Gasteiger partial charge on any atom is 0.252 e. The molecular formula is C13H10ClN3O2. The molecule has 0 bridgehead atoms. The van der Waals surface area contributed by atoms with Crippen LogP contribution in [0.1, 0.15) is 5.56 Å². The number of benzene rings is 1. The van der Waals surface area contributed by atoms with E-state index >= 15 is 0 Å². The zero-order valence-electron chi connectivity index (χ0n) is 9.82. The summed E-state index contributed by atoms with van der Waals surface area (Å²) in [7, 11) is 0. The molecule has 3 rings (SSSR count). The highest BCUT2D eigenvalue weighted by Gasteiger charge is 2.09. The smallest absolute Gasteiger partial charge is 0.252 e. The number of hydrogen-bond donors (Lipinski definition) is 1. The third-order valence-electron chi connectivity index (χ3n) is 2.75. The van der Waals surface area contributed by atoms with E-state index in [-0.39, 0.29) is 5.88 Å². The van der Waals surface area contributed by atoms with E-state index in [4.69, 9.17) is 21.2 Å². The third-order valence-corrected chi connectivity index (χ3v) is 3.10. The molecule has 6 heteroatoms. The Morgan fingerprint density at radius 1 is 1.32 bits per heavy atom. The summed E-state index contributed by atoms with van der Waals surface area (Å²) in [6.07, 6.45) is 5.33. The van der Waals surface area contributed by atoms with Crippen molar-refractivity contribution in [2.75, 3.05) is 0 Å². The average Bonchev–Trinajstić information content (AvgIpc) is 3.03. The van der Waals surface area contributed by atoms with Crippen LogP contribution in [-0.4, -0.2) is 19.8 Å². The number of rotatable bonds is 3. The third kappa shape index (κ3) is 2.46. The second-order valence-electron chi connectivity index (χ2n) is 4.09. The molecule has 96 valence electrons. The van der Waals surface area contributed by atoms with Crippen molar-refractivity contribution in [3.63, 3.8) is 0 Å². The number of aromatic nitrogens is 3. The van der Waals surface area contributed by atoms with Crippen LogP contribution in [0.3, 0.4) is 0 Å². The normalized spacial score (nSPS) is 10.8. The summed E-state index contributed by atoms with van der Waals surface area (Å²) < 4.78 is 6.91. The molecule has 1 aromatic carbocycles. The Hall–Kier alpha value is -2.27. The number of imidazole rings is 1. The minimum absolute atomic E-state index is 0.145. The van der Waals surface area contributed by atoms with Crippen LogP contribution in [0, 0.1) is 0 Å². The molecule has 0 fully saturated rings. The van der Waals surface area contributed by atoms with Gasteiger partial charge in [0.1, 0.15) is 0 Å². The molecule has 0 spiro atoms. The van der Waals surface area contributed by atoms with Crippen LogP contribution in [0.2, 0.25) is 5.02 Å². The number of halogens is 1. The quantitative estimate of drug-likeness (QED) is 0.798. The number of aromatic hydroxyl groups is 1. The van der Waals surface area contributed by atoms with Gasteiger partial charge in [-0.3, -0.25) is 0 Å². The van der Waals surface area contributed by atoms with E-state index in [1.54, 1.807) is 18.6 Å². The molecule has 0 saturated heterocycles. The molecule has 0 atom stereocenters. The van der Waals surface area contributed by atoms with Gasteiger partial charge in [0.05, 0.1) is 6.33 Å². The van der Waals surface area contributed by atoms with Crippen LogP contribution >= 0.6 is 11.6 Å². The second-order valence-corrected chi connectivity index (χ2v) is 4.50. The van der Waals surface area contributed by atoms with Gasteiger partial charge in [0.2, 0.25) is 0 Å². The summed E-state index contributed by atoms with van der Waals surface area (Å²) in [4.78, 5) is 3.98. The van der Waals surface area contributed by atoms with Crippen LogP contribution in [-0.2, 0) is 6.54 Å². The minimum atomic E-state index is -0.145. The van der Waals surface area contributed by atoms with E-state index in [1.807, 2.05) is 22.9 Å². The molecule has 19 heavy (non-hydrogen) atoms. The molecule has 0 amide bonds. The Morgan fingerprint density at radius 3 is 2.84 bits per heavy atom. The zero-order chi connectivity index (χ0) is 13.2. The van der Waals surface area contributed by atoms with Crippen molar-refractivity contribution < 1.29 is 9.63 Å². The molecule has 0 radical (unpaired) electrons. The Bertz CT molecular complexity index is 692. The van der Waals surface area contributed by atoms with Gasteiger partial charge in [-0.05, 0) is 16.8 Å². The average molecular weight is 276 g/mol. The highest BCUT2D eigenvalue weighted by Crippen LogP contribution is 2.27. The van der Waals surface area contributed by atoms with E-state index in [0.29, 0.717) is 17.3 Å². The Balaban J connectivity index is 1.89. The number of nitrogens with zero attached hydrogens (tertiary/aromatic N) is 3. The monoisotopic (exact) mass is 275 g/mol. The lowest BCUT2D eigenvalue weighted by Crippen LogP contribution is -1.97. The summed E-state index contributed by atoms with van der Waals surface area (Å²) >= 11 is 6.24. The van der Waals surface area contributed by atoms with Crippen LogP contribution in [0.5, 0.6) is 5.88 Å². The van der Waals surface area contributed by atoms with Crippen LogP contribution in [0.4, 0.5) is 0 Å². The molecule has 2 aromatic heterocycles. The highest BCUT2D eigenvalue weighted by molar-refractivity contribution is 6.31. The highest BCUT2D eigenvalue weighted by atomic mass is 35.5. The summed E-state index contributed by atoms with van der Waals surface area (Å²) in [5.74, 6) is 0.335. The lowest BCUT2D eigenvalue weighted by molar-refractivity contribution is 0.365. The first-order chi connectivity index (χ1) is 9.22. The fourth-order valence-electron chi connectivity index (χ4n) is 1.81. The minimum Gasteiger partial charge on any atom is -0.491 e. The molecule has 0 saturated carbocycles. The molecule has 0 aliphatic carbocycles. The van der Waals surface area contributed by atoms with Gasteiger partial charge in [0, 0.05) is 35.6 Å². The molecule has 3 aromatic rings. The fourth-order valence-corrected chi connectivity index (χ4v) is 2.05. The van der Waals surface area contributed by atoms with Crippen molar-refractivity contribution in [1.29, 1.82) is 0 Å². The Labute approximate surface area is 114 Å². The number of hydrogen-bond acceptors (Lipinski definition) is 4. The maximum atomic E-state index is 9.16. The SMILES string of the molecule is Oc1cc(-c2ccc(Cn3ccnc3)c(Cl)c2)on1. The molecule has 1 N–H and O–H groups in total. The van der Waals surface area contributed by atoms with E-state index < -0.39 is 0 Å². The van der Waals surface area contributed by atoms with Gasteiger partial charge in [0.25, 0.3) is 5.88 Å². The molecule has 0 aliphatic heterocycles. The van der Waals surface area contributed by atoms with Gasteiger partial charge >= 0.3 is 0 Å². The van der Waals surface area contributed by atoms with Crippen molar-refractivity contribution in [1.82, 2.24) is 14.7 Å². The molecule has 2 heterocycles. The fraction of sp³-hybridized carbons (Fsp3) is 0.0769. The summed E-state index contributed by atoms with van der Waals surface area (Å²) in [5, 5.41) is 13.2. The first-order valence-corrected chi connectivity index (χ1v) is 6.00. The van der Waals surface area contributed by atoms with Crippen molar-refractivity contribution in [3.05, 3.63) is 53.6 Å². The molecule has 0 unspecified atom stereocenters. The van der Waals surface area contributed by atoms with Crippen molar-refractivity contribution >= 4 is 11.6 Å². The van der Waals surface area contributed by atoms with Crippen LogP contribution in [0.25, 0.3) is 11.3 Å². The van der Waals surface area contributed by atoms with Gasteiger partial charge in [-0.1, -0.05) is 23.7 Å². The van der Waals surface area contributed by atoms with Gasteiger partial charge in [-0.15, -0.1) is 0 Å². The largest absolute Gasteiger partial charge is 0.491 e. The van der Waals surface area contributed by atoms with E-state index in [2.05, 4.69) is 10.1 Å². The van der Waals surface area contributed by atoms with Crippen LogP contribution in [0.15, 0.2) is 47.5 Å². The van der Waals surface area contributed by atoms with Crippen molar-refractivity contribution in [3.8, 4) is 17.2 Å².